The third-order valence-electron chi connectivity index (χ3n) is 4.47. The standard InChI is InChI=1S/C19H24N4O4S/c24-17(25)12-16-18(26)21-19(28-16)22-20-13-14-5-4-6-15(11-14)27-10-9-23-7-2-1-3-8-23/h4-6,11,13,16H,1-3,7-10,12H2,(H,24,25)(H,21,22,26). The number of rotatable bonds is 8. The molecule has 2 fully saturated rings. The molecule has 0 aliphatic carbocycles. The average Bonchev–Trinajstić information content (AvgIpc) is 3.02. The maximum atomic E-state index is 11.7. The number of carbonyl (C=O) groups excluding carboxylic acids is 1. The molecule has 1 aromatic rings. The molecule has 0 spiro atoms. The van der Waals surface area contributed by atoms with Crippen LogP contribution in [-0.4, -0.2) is 64.8 Å². The Morgan fingerprint density at radius 2 is 2.18 bits per heavy atom. The molecular weight excluding hydrogens is 380 g/mol. The van der Waals surface area contributed by atoms with Gasteiger partial charge >= 0.3 is 5.97 Å². The summed E-state index contributed by atoms with van der Waals surface area (Å²) in [7, 11) is 0. The molecule has 0 bridgehead atoms. The summed E-state index contributed by atoms with van der Waals surface area (Å²) in [4.78, 5) is 24.8. The summed E-state index contributed by atoms with van der Waals surface area (Å²) in [5.74, 6) is -0.598. The summed E-state index contributed by atoms with van der Waals surface area (Å²) in [6.45, 7) is 3.88. The van der Waals surface area contributed by atoms with E-state index in [0.717, 1.165) is 42.7 Å². The van der Waals surface area contributed by atoms with Crippen LogP contribution >= 0.6 is 11.8 Å². The van der Waals surface area contributed by atoms with Crippen LogP contribution in [0.3, 0.4) is 0 Å². The van der Waals surface area contributed by atoms with Crippen molar-refractivity contribution in [3.8, 4) is 5.75 Å². The van der Waals surface area contributed by atoms with Gasteiger partial charge in [0.05, 0.1) is 12.6 Å². The first-order chi connectivity index (χ1) is 13.6. The van der Waals surface area contributed by atoms with Crippen LogP contribution in [0.5, 0.6) is 5.75 Å². The van der Waals surface area contributed by atoms with Crippen LogP contribution in [-0.2, 0) is 9.59 Å². The summed E-state index contributed by atoms with van der Waals surface area (Å²) < 4.78 is 5.84. The van der Waals surface area contributed by atoms with E-state index in [-0.39, 0.29) is 12.3 Å². The lowest BCUT2D eigenvalue weighted by Crippen LogP contribution is -2.33. The topological polar surface area (TPSA) is 104 Å². The Hall–Kier alpha value is -2.39. The molecule has 1 aromatic carbocycles. The van der Waals surface area contributed by atoms with Gasteiger partial charge in [-0.15, -0.1) is 5.10 Å². The van der Waals surface area contributed by atoms with Crippen molar-refractivity contribution in [3.63, 3.8) is 0 Å². The van der Waals surface area contributed by atoms with E-state index in [2.05, 4.69) is 20.4 Å². The fourth-order valence-electron chi connectivity index (χ4n) is 3.05. The SMILES string of the molecule is O=C(O)CC1SC(=NN=Cc2cccc(OCCN3CCCCC3)c2)NC1=O. The molecule has 2 N–H and O–H groups in total. The largest absolute Gasteiger partial charge is 0.492 e. The first-order valence-corrected chi connectivity index (χ1v) is 10.2. The van der Waals surface area contributed by atoms with Crippen molar-refractivity contribution in [3.05, 3.63) is 29.8 Å². The quantitative estimate of drug-likeness (QED) is 0.507. The number of benzene rings is 1. The van der Waals surface area contributed by atoms with Crippen molar-refractivity contribution < 1.29 is 19.4 Å². The minimum atomic E-state index is -1.02. The van der Waals surface area contributed by atoms with Crippen LogP contribution in [0.1, 0.15) is 31.2 Å². The minimum absolute atomic E-state index is 0.240. The van der Waals surface area contributed by atoms with Gasteiger partial charge in [-0.05, 0) is 43.6 Å². The number of aliphatic carboxylic acids is 1. The van der Waals surface area contributed by atoms with Crippen LogP contribution in [0.2, 0.25) is 0 Å². The summed E-state index contributed by atoms with van der Waals surface area (Å²) in [5, 5.41) is 18.9. The van der Waals surface area contributed by atoms with Gasteiger partial charge in [0.2, 0.25) is 5.91 Å². The molecule has 1 amide bonds. The van der Waals surface area contributed by atoms with Gasteiger partial charge in [-0.2, -0.15) is 5.10 Å². The Morgan fingerprint density at radius 1 is 1.36 bits per heavy atom. The normalized spacial score (nSPS) is 21.9. The second-order valence-corrected chi connectivity index (χ2v) is 7.86. The molecule has 3 rings (SSSR count). The van der Waals surface area contributed by atoms with Crippen LogP contribution in [0.15, 0.2) is 34.5 Å². The highest BCUT2D eigenvalue weighted by molar-refractivity contribution is 8.15. The van der Waals surface area contributed by atoms with Crippen LogP contribution in [0.4, 0.5) is 0 Å². The van der Waals surface area contributed by atoms with Crippen molar-refractivity contribution in [1.82, 2.24) is 10.2 Å². The molecule has 150 valence electrons. The summed E-state index contributed by atoms with van der Waals surface area (Å²) >= 11 is 1.08. The number of likely N-dealkylation sites (tertiary alicyclic amines) is 1. The zero-order valence-electron chi connectivity index (χ0n) is 15.5. The van der Waals surface area contributed by atoms with Gasteiger partial charge in [0, 0.05) is 6.54 Å². The Bertz CT molecular complexity index is 762. The van der Waals surface area contributed by atoms with E-state index in [9.17, 15) is 9.59 Å². The molecule has 28 heavy (non-hydrogen) atoms. The fourth-order valence-corrected chi connectivity index (χ4v) is 3.97. The van der Waals surface area contributed by atoms with E-state index in [0.29, 0.717) is 11.8 Å². The summed E-state index contributed by atoms with van der Waals surface area (Å²) in [6, 6.07) is 7.56. The minimum Gasteiger partial charge on any atom is -0.492 e. The van der Waals surface area contributed by atoms with Gasteiger partial charge in [0.25, 0.3) is 0 Å². The highest BCUT2D eigenvalue weighted by Crippen LogP contribution is 2.22. The molecular formula is C19H24N4O4S. The van der Waals surface area contributed by atoms with E-state index < -0.39 is 11.2 Å². The van der Waals surface area contributed by atoms with Gasteiger partial charge < -0.3 is 15.2 Å². The third kappa shape index (κ3) is 6.35. The number of carboxylic acids is 1. The number of nitrogens with zero attached hydrogens (tertiary/aromatic N) is 3. The number of amidine groups is 1. The lowest BCUT2D eigenvalue weighted by molar-refractivity contribution is -0.138. The van der Waals surface area contributed by atoms with Crippen LogP contribution < -0.4 is 10.1 Å². The monoisotopic (exact) mass is 404 g/mol. The van der Waals surface area contributed by atoms with Crippen molar-refractivity contribution in [2.45, 2.75) is 30.9 Å². The first-order valence-electron chi connectivity index (χ1n) is 9.36. The zero-order chi connectivity index (χ0) is 19.8. The van der Waals surface area contributed by atoms with Gasteiger partial charge in [0.15, 0.2) is 5.17 Å². The van der Waals surface area contributed by atoms with E-state index in [1.807, 2.05) is 24.3 Å². The molecule has 1 unspecified atom stereocenters. The van der Waals surface area contributed by atoms with Crippen LogP contribution in [0, 0.1) is 0 Å². The Morgan fingerprint density at radius 3 is 2.96 bits per heavy atom. The molecule has 2 saturated heterocycles. The maximum absolute atomic E-state index is 11.7. The zero-order valence-corrected chi connectivity index (χ0v) is 16.4. The van der Waals surface area contributed by atoms with E-state index in [4.69, 9.17) is 9.84 Å². The second kappa shape index (κ2) is 10.2. The number of thioether (sulfide) groups is 1. The molecule has 1 atom stereocenters. The molecule has 0 saturated carbocycles. The second-order valence-electron chi connectivity index (χ2n) is 6.67. The Labute approximate surface area is 168 Å². The average molecular weight is 404 g/mol. The Balaban J connectivity index is 1.48. The molecule has 0 radical (unpaired) electrons. The smallest absolute Gasteiger partial charge is 0.305 e. The highest BCUT2D eigenvalue weighted by atomic mass is 32.2. The molecule has 2 aliphatic rings. The Kier molecular flexibility index (Phi) is 7.44. The van der Waals surface area contributed by atoms with Crippen molar-refractivity contribution in [1.29, 1.82) is 0 Å². The number of hydrogen-bond donors (Lipinski definition) is 2. The van der Waals surface area contributed by atoms with E-state index >= 15 is 0 Å². The van der Waals surface area contributed by atoms with Gasteiger partial charge in [-0.3, -0.25) is 14.5 Å². The third-order valence-corrected chi connectivity index (χ3v) is 5.55. The number of hydrogen-bond acceptors (Lipinski definition) is 7. The van der Waals surface area contributed by atoms with E-state index in [1.54, 1.807) is 6.21 Å². The van der Waals surface area contributed by atoms with Crippen molar-refractivity contribution in [2.75, 3.05) is 26.2 Å². The molecule has 0 aromatic heterocycles. The molecule has 2 heterocycles. The summed E-state index contributed by atoms with van der Waals surface area (Å²) in [6.07, 6.45) is 5.19. The first kappa shape index (κ1) is 20.3. The molecule has 8 nitrogen and oxygen atoms in total. The lowest BCUT2D eigenvalue weighted by Gasteiger charge is -2.26. The van der Waals surface area contributed by atoms with Gasteiger partial charge in [-0.25, -0.2) is 0 Å². The lowest BCUT2D eigenvalue weighted by atomic mass is 10.1. The number of carbonyl (C=O) groups is 2. The fraction of sp³-hybridized carbons (Fsp3) is 0.474. The van der Waals surface area contributed by atoms with Gasteiger partial charge in [0.1, 0.15) is 17.6 Å². The van der Waals surface area contributed by atoms with Crippen molar-refractivity contribution >= 4 is 35.0 Å². The number of carboxylic acid groups (broad SMARTS) is 1. The van der Waals surface area contributed by atoms with E-state index in [1.165, 1.54) is 19.3 Å². The number of ether oxygens (including phenoxy) is 1. The molecule has 2 aliphatic heterocycles. The van der Waals surface area contributed by atoms with Crippen molar-refractivity contribution in [2.24, 2.45) is 10.2 Å². The van der Waals surface area contributed by atoms with Crippen LogP contribution in [0.25, 0.3) is 0 Å². The van der Waals surface area contributed by atoms with Gasteiger partial charge in [-0.1, -0.05) is 30.3 Å². The maximum Gasteiger partial charge on any atom is 0.305 e. The predicted octanol–water partition coefficient (Wildman–Crippen LogP) is 1.95. The number of piperidine rings is 1. The number of nitrogens with one attached hydrogen (secondary N) is 1. The predicted molar refractivity (Wildman–Crippen MR) is 109 cm³/mol. The molecule has 9 heteroatoms. The number of amides is 1. The highest BCUT2D eigenvalue weighted by Gasteiger charge is 2.32. The summed E-state index contributed by atoms with van der Waals surface area (Å²) in [5.41, 5.74) is 0.830.